The van der Waals surface area contributed by atoms with Gasteiger partial charge in [0, 0.05) is 12.2 Å². The second-order valence-corrected chi connectivity index (χ2v) is 6.61. The molecule has 1 aromatic rings. The van der Waals surface area contributed by atoms with Gasteiger partial charge in [-0.15, -0.1) is 0 Å². The van der Waals surface area contributed by atoms with Crippen molar-refractivity contribution in [2.45, 2.75) is 62.8 Å². The second-order valence-electron chi connectivity index (χ2n) is 6.61. The number of aromatic nitrogens is 2. The third-order valence-corrected chi connectivity index (χ3v) is 5.30. The van der Waals surface area contributed by atoms with Gasteiger partial charge in [0.2, 0.25) is 0 Å². The molecule has 0 spiro atoms. The van der Waals surface area contributed by atoms with Crippen LogP contribution in [0.4, 0.5) is 0 Å². The molecular formula is C16H25N3O2. The van der Waals surface area contributed by atoms with Crippen molar-refractivity contribution < 1.29 is 9.90 Å². The first-order chi connectivity index (χ1) is 10.2. The van der Waals surface area contributed by atoms with E-state index in [0.717, 1.165) is 18.5 Å². The average Bonchev–Trinajstić information content (AvgIpc) is 3.03. The molecule has 0 aromatic carbocycles. The molecule has 0 aliphatic heterocycles. The molecule has 0 unspecified atom stereocenters. The predicted octanol–water partition coefficient (Wildman–Crippen LogP) is 2.47. The topological polar surface area (TPSA) is 81.1 Å². The van der Waals surface area contributed by atoms with Crippen molar-refractivity contribution in [2.75, 3.05) is 6.54 Å². The van der Waals surface area contributed by atoms with Gasteiger partial charge in [-0.1, -0.05) is 19.3 Å². The SMILES string of the molecule is NCCC[C@H]1C[C@]1(C(=O)O)c1cn(C2CCCCC2)cn1. The average molecular weight is 291 g/mol. The van der Waals surface area contributed by atoms with Gasteiger partial charge < -0.3 is 15.4 Å². The van der Waals surface area contributed by atoms with Crippen LogP contribution >= 0.6 is 0 Å². The molecule has 5 nitrogen and oxygen atoms in total. The van der Waals surface area contributed by atoms with E-state index in [1.54, 1.807) is 0 Å². The number of hydrogen-bond donors (Lipinski definition) is 2. The zero-order valence-electron chi connectivity index (χ0n) is 12.5. The van der Waals surface area contributed by atoms with Crippen LogP contribution in [0.5, 0.6) is 0 Å². The van der Waals surface area contributed by atoms with Crippen LogP contribution in [-0.4, -0.2) is 27.2 Å². The van der Waals surface area contributed by atoms with E-state index in [1.807, 2.05) is 12.5 Å². The van der Waals surface area contributed by atoms with Crippen molar-refractivity contribution in [1.82, 2.24) is 9.55 Å². The third kappa shape index (κ3) is 2.59. The first-order valence-electron chi connectivity index (χ1n) is 8.16. The van der Waals surface area contributed by atoms with E-state index in [2.05, 4.69) is 9.55 Å². The fourth-order valence-electron chi connectivity index (χ4n) is 3.87. The van der Waals surface area contributed by atoms with Gasteiger partial charge in [-0.2, -0.15) is 0 Å². The molecule has 0 amide bonds. The highest BCUT2D eigenvalue weighted by molar-refractivity contribution is 5.85. The summed E-state index contributed by atoms with van der Waals surface area (Å²) in [5, 5.41) is 9.67. The molecule has 2 saturated carbocycles. The monoisotopic (exact) mass is 291 g/mol. The summed E-state index contributed by atoms with van der Waals surface area (Å²) in [7, 11) is 0. The Hall–Kier alpha value is -1.36. The van der Waals surface area contributed by atoms with Crippen molar-refractivity contribution in [3.8, 4) is 0 Å². The molecule has 3 N–H and O–H groups in total. The van der Waals surface area contributed by atoms with Crippen LogP contribution in [0.15, 0.2) is 12.5 Å². The Bertz CT molecular complexity index is 507. The Kier molecular flexibility index (Phi) is 4.02. The van der Waals surface area contributed by atoms with Gasteiger partial charge >= 0.3 is 5.97 Å². The largest absolute Gasteiger partial charge is 0.481 e. The summed E-state index contributed by atoms with van der Waals surface area (Å²) in [5.41, 5.74) is 5.55. The first-order valence-corrected chi connectivity index (χ1v) is 8.16. The Morgan fingerprint density at radius 3 is 2.86 bits per heavy atom. The minimum atomic E-state index is -0.741. The van der Waals surface area contributed by atoms with Crippen molar-refractivity contribution in [3.05, 3.63) is 18.2 Å². The van der Waals surface area contributed by atoms with Gasteiger partial charge in [0.1, 0.15) is 5.41 Å². The maximum absolute atomic E-state index is 11.8. The third-order valence-electron chi connectivity index (χ3n) is 5.30. The smallest absolute Gasteiger partial charge is 0.316 e. The lowest BCUT2D eigenvalue weighted by Crippen LogP contribution is -2.23. The van der Waals surface area contributed by atoms with E-state index < -0.39 is 11.4 Å². The van der Waals surface area contributed by atoms with Crippen LogP contribution in [0.1, 0.15) is 63.1 Å². The molecule has 2 aliphatic rings. The first kappa shape index (κ1) is 14.6. The highest BCUT2D eigenvalue weighted by Gasteiger charge is 2.62. The molecule has 21 heavy (non-hydrogen) atoms. The lowest BCUT2D eigenvalue weighted by Gasteiger charge is -2.22. The van der Waals surface area contributed by atoms with Gasteiger partial charge in [-0.25, -0.2) is 4.98 Å². The molecule has 2 aliphatic carbocycles. The van der Waals surface area contributed by atoms with Crippen molar-refractivity contribution in [1.29, 1.82) is 0 Å². The predicted molar refractivity (Wildman–Crippen MR) is 80.1 cm³/mol. The number of nitrogens with zero attached hydrogens (tertiary/aromatic N) is 2. The number of carbonyl (C=O) groups is 1. The normalized spacial score (nSPS) is 29.5. The zero-order valence-corrected chi connectivity index (χ0v) is 12.5. The molecule has 1 heterocycles. The Morgan fingerprint density at radius 2 is 2.19 bits per heavy atom. The molecule has 2 fully saturated rings. The molecule has 116 valence electrons. The standard InChI is InChI=1S/C16H25N3O2/c17-8-4-5-12-9-16(12,15(20)21)14-10-19(11-18-14)13-6-2-1-3-7-13/h10-13H,1-9,17H2,(H,20,21)/t12-,16+/m0/s1. The second kappa shape index (κ2) is 5.79. The number of aliphatic carboxylic acids is 1. The summed E-state index contributed by atoms with van der Waals surface area (Å²) in [6, 6.07) is 0.507. The summed E-state index contributed by atoms with van der Waals surface area (Å²) in [6.45, 7) is 0.628. The minimum absolute atomic E-state index is 0.202. The molecular weight excluding hydrogens is 266 g/mol. The van der Waals surface area contributed by atoms with Crippen LogP contribution in [-0.2, 0) is 10.2 Å². The van der Waals surface area contributed by atoms with E-state index in [9.17, 15) is 9.90 Å². The quantitative estimate of drug-likeness (QED) is 0.843. The minimum Gasteiger partial charge on any atom is -0.481 e. The Morgan fingerprint density at radius 1 is 1.43 bits per heavy atom. The number of carboxylic acid groups (broad SMARTS) is 1. The highest BCUT2D eigenvalue weighted by Crippen LogP contribution is 2.56. The highest BCUT2D eigenvalue weighted by atomic mass is 16.4. The molecule has 1 aromatic heterocycles. The van der Waals surface area contributed by atoms with Crippen LogP contribution in [0.25, 0.3) is 0 Å². The number of nitrogens with two attached hydrogens (primary N) is 1. The van der Waals surface area contributed by atoms with E-state index >= 15 is 0 Å². The summed E-state index contributed by atoms with van der Waals surface area (Å²) < 4.78 is 2.15. The maximum atomic E-state index is 11.8. The van der Waals surface area contributed by atoms with Crippen LogP contribution in [0, 0.1) is 5.92 Å². The fourth-order valence-corrected chi connectivity index (χ4v) is 3.87. The Balaban J connectivity index is 1.76. The summed E-state index contributed by atoms with van der Waals surface area (Å²) in [4.78, 5) is 16.2. The van der Waals surface area contributed by atoms with Crippen LogP contribution in [0.3, 0.4) is 0 Å². The van der Waals surface area contributed by atoms with Gasteiger partial charge in [0.25, 0.3) is 0 Å². The van der Waals surface area contributed by atoms with Crippen molar-refractivity contribution >= 4 is 5.97 Å². The summed E-state index contributed by atoms with van der Waals surface area (Å²) in [5.74, 6) is -0.522. The van der Waals surface area contributed by atoms with Gasteiger partial charge in [-0.05, 0) is 44.6 Å². The Labute approximate surface area is 125 Å². The maximum Gasteiger partial charge on any atom is 0.316 e. The van der Waals surface area contributed by atoms with Gasteiger partial charge in [-0.3, -0.25) is 4.79 Å². The molecule has 0 saturated heterocycles. The fraction of sp³-hybridized carbons (Fsp3) is 0.750. The van der Waals surface area contributed by atoms with Crippen LogP contribution < -0.4 is 5.73 Å². The number of carboxylic acids is 1. The molecule has 3 rings (SSSR count). The van der Waals surface area contributed by atoms with Crippen molar-refractivity contribution in [2.24, 2.45) is 11.7 Å². The van der Waals surface area contributed by atoms with E-state index in [1.165, 1.54) is 32.1 Å². The number of imidazole rings is 1. The summed E-state index contributed by atoms with van der Waals surface area (Å²) in [6.07, 6.45) is 12.5. The summed E-state index contributed by atoms with van der Waals surface area (Å²) >= 11 is 0. The number of hydrogen-bond acceptors (Lipinski definition) is 3. The zero-order chi connectivity index (χ0) is 14.9. The molecule has 0 radical (unpaired) electrons. The lowest BCUT2D eigenvalue weighted by molar-refractivity contribution is -0.140. The van der Waals surface area contributed by atoms with E-state index in [4.69, 9.17) is 5.73 Å². The molecule has 2 atom stereocenters. The number of rotatable bonds is 6. The molecule has 0 bridgehead atoms. The van der Waals surface area contributed by atoms with Gasteiger partial charge in [0.15, 0.2) is 0 Å². The molecule has 5 heteroatoms. The van der Waals surface area contributed by atoms with Crippen molar-refractivity contribution in [3.63, 3.8) is 0 Å². The lowest BCUT2D eigenvalue weighted by atomic mass is 9.95. The van der Waals surface area contributed by atoms with Gasteiger partial charge in [0.05, 0.1) is 12.0 Å². The van der Waals surface area contributed by atoms with Crippen LogP contribution in [0.2, 0.25) is 0 Å². The van der Waals surface area contributed by atoms with E-state index in [0.29, 0.717) is 19.0 Å². The van der Waals surface area contributed by atoms with E-state index in [-0.39, 0.29) is 5.92 Å².